The molecule has 0 saturated carbocycles. The second kappa shape index (κ2) is 6.24. The van der Waals surface area contributed by atoms with Crippen molar-refractivity contribution in [1.82, 2.24) is 4.90 Å². The second-order valence-corrected chi connectivity index (χ2v) is 3.77. The quantitative estimate of drug-likeness (QED) is 0.553. The van der Waals surface area contributed by atoms with Crippen LogP contribution < -0.4 is 0 Å². The standard InChI is InChI=1S/C11H23N/c1-6-8-9-11(12(4)5)10(3)7-2/h7,10-11H,2,6,8-9H2,1,3-5H3/t10-,11?/m1/s1. The van der Waals surface area contributed by atoms with Gasteiger partial charge in [-0.15, -0.1) is 6.58 Å². The number of unbranched alkanes of at least 4 members (excludes halogenated alkanes) is 1. The first-order valence-electron chi connectivity index (χ1n) is 4.92. The van der Waals surface area contributed by atoms with Crippen molar-refractivity contribution in [2.45, 2.75) is 39.2 Å². The summed E-state index contributed by atoms with van der Waals surface area (Å²) in [6.07, 6.45) is 5.95. The minimum absolute atomic E-state index is 0.603. The molecular weight excluding hydrogens is 146 g/mol. The first-order valence-corrected chi connectivity index (χ1v) is 4.92. The Balaban J connectivity index is 3.94. The van der Waals surface area contributed by atoms with Gasteiger partial charge in [0.1, 0.15) is 0 Å². The van der Waals surface area contributed by atoms with Crippen LogP contribution in [0.25, 0.3) is 0 Å². The SMILES string of the molecule is C=C[C@@H](C)C(CCCC)N(C)C. The molecule has 72 valence electrons. The Labute approximate surface area is 77.5 Å². The highest BCUT2D eigenvalue weighted by atomic mass is 15.1. The molecule has 0 aliphatic rings. The summed E-state index contributed by atoms with van der Waals surface area (Å²) < 4.78 is 0. The molecule has 0 N–H and O–H groups in total. The van der Waals surface area contributed by atoms with E-state index in [1.807, 2.05) is 0 Å². The van der Waals surface area contributed by atoms with Crippen molar-refractivity contribution >= 4 is 0 Å². The third-order valence-electron chi connectivity index (χ3n) is 2.50. The smallest absolute Gasteiger partial charge is 0.0149 e. The lowest BCUT2D eigenvalue weighted by Crippen LogP contribution is -2.33. The van der Waals surface area contributed by atoms with Gasteiger partial charge in [0.05, 0.1) is 0 Å². The van der Waals surface area contributed by atoms with Crippen LogP contribution >= 0.6 is 0 Å². The van der Waals surface area contributed by atoms with Gasteiger partial charge in [-0.3, -0.25) is 0 Å². The fraction of sp³-hybridized carbons (Fsp3) is 0.818. The molecule has 1 heteroatoms. The molecule has 2 atom stereocenters. The summed E-state index contributed by atoms with van der Waals surface area (Å²) in [7, 11) is 4.31. The average molecular weight is 169 g/mol. The van der Waals surface area contributed by atoms with Crippen molar-refractivity contribution in [1.29, 1.82) is 0 Å². The molecule has 0 aromatic heterocycles. The molecule has 0 radical (unpaired) electrons. The van der Waals surface area contributed by atoms with Crippen LogP contribution in [0.1, 0.15) is 33.1 Å². The number of hydrogen-bond donors (Lipinski definition) is 0. The molecule has 12 heavy (non-hydrogen) atoms. The predicted molar refractivity (Wildman–Crippen MR) is 56.4 cm³/mol. The van der Waals surface area contributed by atoms with Crippen LogP contribution in [-0.2, 0) is 0 Å². The van der Waals surface area contributed by atoms with Gasteiger partial charge in [0.25, 0.3) is 0 Å². The Hall–Kier alpha value is -0.300. The zero-order chi connectivity index (χ0) is 9.56. The molecule has 1 unspecified atom stereocenters. The van der Waals surface area contributed by atoms with E-state index in [0.717, 1.165) is 0 Å². The highest BCUT2D eigenvalue weighted by Crippen LogP contribution is 2.15. The van der Waals surface area contributed by atoms with Crippen LogP contribution in [0, 0.1) is 5.92 Å². The van der Waals surface area contributed by atoms with Gasteiger partial charge in [-0.1, -0.05) is 32.8 Å². The van der Waals surface area contributed by atoms with E-state index < -0.39 is 0 Å². The van der Waals surface area contributed by atoms with Gasteiger partial charge in [0, 0.05) is 6.04 Å². The van der Waals surface area contributed by atoms with E-state index in [4.69, 9.17) is 0 Å². The first-order chi connectivity index (χ1) is 5.63. The minimum Gasteiger partial charge on any atom is -0.306 e. The van der Waals surface area contributed by atoms with Crippen molar-refractivity contribution in [3.05, 3.63) is 12.7 Å². The first kappa shape index (κ1) is 11.7. The number of nitrogens with zero attached hydrogens (tertiary/aromatic N) is 1. The third-order valence-corrected chi connectivity index (χ3v) is 2.50. The van der Waals surface area contributed by atoms with E-state index in [2.05, 4.69) is 45.5 Å². The van der Waals surface area contributed by atoms with Crippen molar-refractivity contribution in [2.75, 3.05) is 14.1 Å². The van der Waals surface area contributed by atoms with Gasteiger partial charge in [-0.05, 0) is 26.4 Å². The molecule has 0 heterocycles. The molecule has 0 saturated heterocycles. The average Bonchev–Trinajstić information content (AvgIpc) is 2.04. The Morgan fingerprint density at radius 1 is 1.42 bits per heavy atom. The van der Waals surface area contributed by atoms with Crippen LogP contribution in [0.15, 0.2) is 12.7 Å². The van der Waals surface area contributed by atoms with Crippen LogP contribution in [0.3, 0.4) is 0 Å². The second-order valence-electron chi connectivity index (χ2n) is 3.77. The molecule has 0 spiro atoms. The fourth-order valence-electron chi connectivity index (χ4n) is 1.56. The molecule has 0 aliphatic carbocycles. The van der Waals surface area contributed by atoms with Crippen LogP contribution in [0.4, 0.5) is 0 Å². The summed E-state index contributed by atoms with van der Waals surface area (Å²) in [6, 6.07) is 0.669. The maximum atomic E-state index is 3.85. The Morgan fingerprint density at radius 3 is 2.33 bits per heavy atom. The third kappa shape index (κ3) is 3.91. The lowest BCUT2D eigenvalue weighted by Gasteiger charge is -2.28. The zero-order valence-corrected chi connectivity index (χ0v) is 9.01. The summed E-state index contributed by atoms with van der Waals surface area (Å²) in [5.41, 5.74) is 0. The minimum atomic E-state index is 0.603. The molecule has 0 aliphatic heterocycles. The molecule has 0 bridgehead atoms. The number of rotatable bonds is 6. The maximum absolute atomic E-state index is 3.85. The van der Waals surface area contributed by atoms with E-state index in [1.54, 1.807) is 0 Å². The monoisotopic (exact) mass is 169 g/mol. The van der Waals surface area contributed by atoms with Gasteiger partial charge in [-0.2, -0.15) is 0 Å². The van der Waals surface area contributed by atoms with Crippen molar-refractivity contribution in [3.8, 4) is 0 Å². The molecule has 0 aromatic rings. The summed E-state index contributed by atoms with van der Waals surface area (Å²) in [4.78, 5) is 2.31. The van der Waals surface area contributed by atoms with E-state index in [0.29, 0.717) is 12.0 Å². The summed E-state index contributed by atoms with van der Waals surface area (Å²) in [5.74, 6) is 0.603. The zero-order valence-electron chi connectivity index (χ0n) is 9.01. The molecule has 0 fully saturated rings. The Bertz CT molecular complexity index is 118. The van der Waals surface area contributed by atoms with E-state index in [-0.39, 0.29) is 0 Å². The fourth-order valence-corrected chi connectivity index (χ4v) is 1.56. The molecule has 0 amide bonds. The largest absolute Gasteiger partial charge is 0.306 e. The predicted octanol–water partition coefficient (Wildman–Crippen LogP) is 2.93. The van der Waals surface area contributed by atoms with Crippen LogP contribution in [0.2, 0.25) is 0 Å². The lowest BCUT2D eigenvalue weighted by molar-refractivity contribution is 0.229. The molecule has 1 nitrogen and oxygen atoms in total. The topological polar surface area (TPSA) is 3.24 Å². The molecule has 0 rings (SSSR count). The lowest BCUT2D eigenvalue weighted by atomic mass is 9.96. The summed E-state index contributed by atoms with van der Waals surface area (Å²) >= 11 is 0. The Kier molecular flexibility index (Phi) is 6.09. The van der Waals surface area contributed by atoms with Gasteiger partial charge in [-0.25, -0.2) is 0 Å². The molecular formula is C11H23N. The summed E-state index contributed by atoms with van der Waals surface area (Å²) in [5, 5.41) is 0. The highest BCUT2D eigenvalue weighted by molar-refractivity contribution is 4.85. The Morgan fingerprint density at radius 2 is 2.00 bits per heavy atom. The highest BCUT2D eigenvalue weighted by Gasteiger charge is 2.15. The summed E-state index contributed by atoms with van der Waals surface area (Å²) in [6.45, 7) is 8.33. The molecule has 0 aromatic carbocycles. The van der Waals surface area contributed by atoms with E-state index in [1.165, 1.54) is 19.3 Å². The van der Waals surface area contributed by atoms with Crippen molar-refractivity contribution in [3.63, 3.8) is 0 Å². The van der Waals surface area contributed by atoms with Gasteiger partial charge >= 0.3 is 0 Å². The van der Waals surface area contributed by atoms with Crippen molar-refractivity contribution in [2.24, 2.45) is 5.92 Å². The maximum Gasteiger partial charge on any atom is 0.0149 e. The van der Waals surface area contributed by atoms with Gasteiger partial charge in [0.2, 0.25) is 0 Å². The number of hydrogen-bond acceptors (Lipinski definition) is 1. The van der Waals surface area contributed by atoms with E-state index in [9.17, 15) is 0 Å². The van der Waals surface area contributed by atoms with Crippen molar-refractivity contribution < 1.29 is 0 Å². The van der Waals surface area contributed by atoms with Crippen LogP contribution in [-0.4, -0.2) is 25.0 Å². The van der Waals surface area contributed by atoms with Gasteiger partial charge < -0.3 is 4.90 Å². The van der Waals surface area contributed by atoms with E-state index >= 15 is 0 Å². The van der Waals surface area contributed by atoms with Crippen LogP contribution in [0.5, 0.6) is 0 Å². The normalized spacial score (nSPS) is 16.1. The van der Waals surface area contributed by atoms with Gasteiger partial charge in [0.15, 0.2) is 0 Å².